The van der Waals surface area contributed by atoms with Gasteiger partial charge in [-0.15, -0.1) is 0 Å². The molecule has 1 aromatic heterocycles. The van der Waals surface area contributed by atoms with Crippen LogP contribution < -0.4 is 4.74 Å². The number of benzene rings is 1. The molecule has 0 bridgehead atoms. The van der Waals surface area contributed by atoms with Crippen LogP contribution in [0.1, 0.15) is 17.0 Å². The molecule has 0 aliphatic heterocycles. The highest BCUT2D eigenvalue weighted by Crippen LogP contribution is 2.20. The van der Waals surface area contributed by atoms with Crippen LogP contribution in [0.25, 0.3) is 6.08 Å². The van der Waals surface area contributed by atoms with Crippen molar-refractivity contribution < 1.29 is 19.7 Å². The maximum atomic E-state index is 10.6. The molecule has 21 heavy (non-hydrogen) atoms. The van der Waals surface area contributed by atoms with Crippen molar-refractivity contribution in [1.82, 2.24) is 4.98 Å². The van der Waals surface area contributed by atoms with E-state index < -0.39 is 5.97 Å². The molecule has 5 heteroatoms. The monoisotopic (exact) mass is 285 g/mol. The Morgan fingerprint density at radius 1 is 1.24 bits per heavy atom. The molecule has 2 rings (SSSR count). The van der Waals surface area contributed by atoms with Crippen molar-refractivity contribution in [3.8, 4) is 11.5 Å². The van der Waals surface area contributed by atoms with Crippen LogP contribution in [-0.4, -0.2) is 21.2 Å². The van der Waals surface area contributed by atoms with Gasteiger partial charge in [-0.05, 0) is 42.8 Å². The van der Waals surface area contributed by atoms with Crippen molar-refractivity contribution in [1.29, 1.82) is 0 Å². The number of carbonyl (C=O) groups is 1. The molecule has 108 valence electrons. The summed E-state index contributed by atoms with van der Waals surface area (Å²) in [6.45, 7) is 2.13. The summed E-state index contributed by atoms with van der Waals surface area (Å²) in [6.07, 6.45) is 2.43. The molecule has 0 spiro atoms. The number of aliphatic carboxylic acids is 1. The third-order valence-electron chi connectivity index (χ3n) is 2.74. The van der Waals surface area contributed by atoms with Crippen molar-refractivity contribution in [2.75, 3.05) is 0 Å². The van der Waals surface area contributed by atoms with E-state index in [0.717, 1.165) is 17.3 Å². The molecule has 2 N–H and O–H groups in total. The minimum atomic E-state index is -1.04. The van der Waals surface area contributed by atoms with Crippen molar-refractivity contribution >= 4 is 12.0 Å². The summed E-state index contributed by atoms with van der Waals surface area (Å²) in [7, 11) is 0. The Kier molecular flexibility index (Phi) is 4.56. The number of carboxylic acids is 1. The number of rotatable bonds is 5. The number of phenolic OH excluding ortho intramolecular Hbond substituents is 1. The first kappa shape index (κ1) is 14.6. The van der Waals surface area contributed by atoms with Gasteiger partial charge in [0.15, 0.2) is 0 Å². The Bertz CT molecular complexity index is 662. The van der Waals surface area contributed by atoms with Crippen LogP contribution in [0.3, 0.4) is 0 Å². The maximum absolute atomic E-state index is 10.6. The Morgan fingerprint density at radius 2 is 1.95 bits per heavy atom. The second kappa shape index (κ2) is 6.56. The first-order valence-electron chi connectivity index (χ1n) is 6.34. The molecule has 0 amide bonds. The smallest absolute Gasteiger partial charge is 0.328 e. The van der Waals surface area contributed by atoms with Gasteiger partial charge in [0.2, 0.25) is 0 Å². The van der Waals surface area contributed by atoms with Crippen LogP contribution >= 0.6 is 0 Å². The van der Waals surface area contributed by atoms with Crippen LogP contribution in [0.2, 0.25) is 0 Å². The second-order valence-corrected chi connectivity index (χ2v) is 4.46. The lowest BCUT2D eigenvalue weighted by molar-refractivity contribution is -0.131. The van der Waals surface area contributed by atoms with E-state index in [-0.39, 0.29) is 5.75 Å². The van der Waals surface area contributed by atoms with Gasteiger partial charge in [-0.25, -0.2) is 9.78 Å². The predicted molar refractivity (Wildman–Crippen MR) is 78.1 cm³/mol. The van der Waals surface area contributed by atoms with Crippen molar-refractivity contribution in [3.63, 3.8) is 0 Å². The minimum absolute atomic E-state index is 0.195. The number of pyridine rings is 1. The average molecular weight is 285 g/mol. The Labute approximate surface area is 122 Å². The fourth-order valence-electron chi connectivity index (χ4n) is 1.71. The lowest BCUT2D eigenvalue weighted by Crippen LogP contribution is -1.99. The van der Waals surface area contributed by atoms with Gasteiger partial charge >= 0.3 is 5.97 Å². The molecular formula is C16H15NO4. The summed E-state index contributed by atoms with van der Waals surface area (Å²) in [4.78, 5) is 14.9. The van der Waals surface area contributed by atoms with Crippen LogP contribution in [0.15, 0.2) is 42.5 Å². The molecule has 1 aromatic carbocycles. The van der Waals surface area contributed by atoms with Gasteiger partial charge in [0, 0.05) is 11.8 Å². The van der Waals surface area contributed by atoms with Gasteiger partial charge in [-0.2, -0.15) is 0 Å². The van der Waals surface area contributed by atoms with Crippen LogP contribution in [0, 0.1) is 6.92 Å². The molecule has 0 saturated heterocycles. The summed E-state index contributed by atoms with van der Waals surface area (Å²) >= 11 is 0. The van der Waals surface area contributed by atoms with Crippen molar-refractivity contribution in [2.45, 2.75) is 13.5 Å². The highest BCUT2D eigenvalue weighted by Gasteiger charge is 2.04. The van der Waals surface area contributed by atoms with Gasteiger partial charge in [0.25, 0.3) is 0 Å². The molecule has 5 nitrogen and oxygen atoms in total. The van der Waals surface area contributed by atoms with E-state index in [9.17, 15) is 9.90 Å². The van der Waals surface area contributed by atoms with Gasteiger partial charge in [-0.1, -0.05) is 12.1 Å². The summed E-state index contributed by atoms with van der Waals surface area (Å²) in [5, 5.41) is 17.9. The Balaban J connectivity index is 2.15. The van der Waals surface area contributed by atoms with Crippen LogP contribution in [0.5, 0.6) is 11.5 Å². The third kappa shape index (κ3) is 4.35. The maximum Gasteiger partial charge on any atom is 0.328 e. The first-order valence-corrected chi connectivity index (χ1v) is 6.34. The number of aromatic nitrogens is 1. The number of ether oxygens (including phenoxy) is 1. The lowest BCUT2D eigenvalue weighted by Gasteiger charge is -2.09. The van der Waals surface area contributed by atoms with Gasteiger partial charge in [0.1, 0.15) is 23.8 Å². The van der Waals surface area contributed by atoms with Crippen LogP contribution in [-0.2, 0) is 11.4 Å². The summed E-state index contributed by atoms with van der Waals surface area (Å²) in [6, 6.07) is 10.2. The standard InChI is InChI=1S/C16H15NO4/c1-11-2-8-15(14(17-11)7-9-16(19)20)21-10-12-3-5-13(18)6-4-12/h2-9,18H,10H2,1H3,(H,19,20)/b9-7+. The third-order valence-corrected chi connectivity index (χ3v) is 2.74. The first-order chi connectivity index (χ1) is 10.0. The fraction of sp³-hybridized carbons (Fsp3) is 0.125. The molecule has 0 unspecified atom stereocenters. The number of aromatic hydroxyl groups is 1. The number of phenols is 1. The van der Waals surface area contributed by atoms with Gasteiger partial charge in [0.05, 0.1) is 0 Å². The highest BCUT2D eigenvalue weighted by molar-refractivity contribution is 5.85. The Morgan fingerprint density at radius 3 is 2.62 bits per heavy atom. The van der Waals surface area contributed by atoms with E-state index in [1.54, 1.807) is 36.4 Å². The topological polar surface area (TPSA) is 79.7 Å². The number of carboxylic acid groups (broad SMARTS) is 1. The molecule has 0 saturated carbocycles. The zero-order chi connectivity index (χ0) is 15.2. The zero-order valence-electron chi connectivity index (χ0n) is 11.5. The lowest BCUT2D eigenvalue weighted by atomic mass is 10.2. The SMILES string of the molecule is Cc1ccc(OCc2ccc(O)cc2)c(/C=C/C(=O)O)n1. The fourth-order valence-corrected chi connectivity index (χ4v) is 1.71. The number of aryl methyl sites for hydroxylation is 1. The highest BCUT2D eigenvalue weighted by atomic mass is 16.5. The van der Waals surface area contributed by atoms with E-state index in [1.165, 1.54) is 6.08 Å². The predicted octanol–water partition coefficient (Wildman–Crippen LogP) is 2.77. The van der Waals surface area contributed by atoms with Gasteiger partial charge in [-0.3, -0.25) is 0 Å². The molecule has 0 aliphatic carbocycles. The van der Waals surface area contributed by atoms with E-state index in [0.29, 0.717) is 18.1 Å². The van der Waals surface area contributed by atoms with Crippen LogP contribution in [0.4, 0.5) is 0 Å². The van der Waals surface area contributed by atoms with Gasteiger partial charge < -0.3 is 14.9 Å². The molecule has 2 aromatic rings. The summed E-state index contributed by atoms with van der Waals surface area (Å²) in [5.74, 6) is -0.338. The summed E-state index contributed by atoms with van der Waals surface area (Å²) < 4.78 is 5.66. The summed E-state index contributed by atoms with van der Waals surface area (Å²) in [5.41, 5.74) is 2.13. The van der Waals surface area contributed by atoms with Crippen molar-refractivity contribution in [3.05, 3.63) is 59.4 Å². The van der Waals surface area contributed by atoms with E-state index in [1.807, 2.05) is 6.92 Å². The normalized spacial score (nSPS) is 10.7. The second-order valence-electron chi connectivity index (χ2n) is 4.46. The molecule has 0 fully saturated rings. The Hall–Kier alpha value is -2.82. The minimum Gasteiger partial charge on any atom is -0.508 e. The molecule has 0 radical (unpaired) electrons. The number of hydrogen-bond donors (Lipinski definition) is 2. The van der Waals surface area contributed by atoms with E-state index in [2.05, 4.69) is 4.98 Å². The molecule has 0 atom stereocenters. The number of hydrogen-bond acceptors (Lipinski definition) is 4. The van der Waals surface area contributed by atoms with E-state index >= 15 is 0 Å². The quantitative estimate of drug-likeness (QED) is 0.826. The molecular weight excluding hydrogens is 270 g/mol. The molecule has 0 aliphatic rings. The van der Waals surface area contributed by atoms with E-state index in [4.69, 9.17) is 9.84 Å². The molecule has 1 heterocycles. The number of nitrogens with zero attached hydrogens (tertiary/aromatic N) is 1. The average Bonchev–Trinajstić information content (AvgIpc) is 2.45. The largest absolute Gasteiger partial charge is 0.508 e. The van der Waals surface area contributed by atoms with Crippen molar-refractivity contribution in [2.24, 2.45) is 0 Å². The zero-order valence-corrected chi connectivity index (χ0v) is 11.5.